The predicted molar refractivity (Wildman–Crippen MR) is 81.4 cm³/mol. The average molecular weight is 289 g/mol. The van der Waals surface area contributed by atoms with Gasteiger partial charge in [-0.3, -0.25) is 5.43 Å². The maximum Gasteiger partial charge on any atom is 0.119 e. The Balaban J connectivity index is 1.58. The fraction of sp³-hybridized carbons (Fsp3) is 0.400. The van der Waals surface area contributed by atoms with E-state index >= 15 is 0 Å². The number of nitrogens with zero attached hydrogens (tertiary/aromatic N) is 2. The number of anilines is 1. The Morgan fingerprint density at radius 2 is 1.90 bits per heavy atom. The molecule has 0 saturated heterocycles. The van der Waals surface area contributed by atoms with Crippen molar-refractivity contribution in [3.8, 4) is 18.1 Å². The molecule has 0 unspecified atom stereocenters. The van der Waals surface area contributed by atoms with Crippen LogP contribution in [0.5, 0.6) is 5.75 Å². The maximum absolute atomic E-state index is 5.59. The number of ether oxygens (including phenoxy) is 3. The first-order valence-electron chi connectivity index (χ1n) is 6.74. The van der Waals surface area contributed by atoms with E-state index in [1.807, 2.05) is 29.2 Å². The summed E-state index contributed by atoms with van der Waals surface area (Å²) in [6.45, 7) is 3.06. The Hall–Kier alpha value is -2.23. The van der Waals surface area contributed by atoms with Crippen LogP contribution in [0.4, 0.5) is 5.69 Å². The van der Waals surface area contributed by atoms with Crippen LogP contribution in [0.1, 0.15) is 0 Å². The molecule has 1 aliphatic heterocycles. The Morgan fingerprint density at radius 1 is 1.14 bits per heavy atom. The van der Waals surface area contributed by atoms with E-state index in [9.17, 15) is 0 Å². The van der Waals surface area contributed by atoms with E-state index in [-0.39, 0.29) is 0 Å². The minimum atomic E-state index is 0.323. The van der Waals surface area contributed by atoms with Crippen LogP contribution in [0.2, 0.25) is 0 Å². The highest BCUT2D eigenvalue weighted by Gasteiger charge is 2.07. The van der Waals surface area contributed by atoms with Gasteiger partial charge in [-0.2, -0.15) is 5.10 Å². The molecule has 1 heterocycles. The van der Waals surface area contributed by atoms with Gasteiger partial charge in [0.1, 0.15) is 32.0 Å². The molecular formula is C15H19N3O3. The van der Waals surface area contributed by atoms with Crippen LogP contribution in [-0.2, 0) is 9.47 Å². The quantitative estimate of drug-likeness (QED) is 0.544. The van der Waals surface area contributed by atoms with E-state index in [4.69, 9.17) is 20.6 Å². The normalized spacial score (nSPS) is 13.0. The van der Waals surface area contributed by atoms with Crippen LogP contribution in [0.15, 0.2) is 29.4 Å². The summed E-state index contributed by atoms with van der Waals surface area (Å²) in [5.41, 5.74) is 3.95. The van der Waals surface area contributed by atoms with Gasteiger partial charge in [-0.15, -0.1) is 6.42 Å². The van der Waals surface area contributed by atoms with Gasteiger partial charge in [0.2, 0.25) is 0 Å². The van der Waals surface area contributed by atoms with Crippen LogP contribution >= 0.6 is 0 Å². The molecule has 0 aromatic heterocycles. The van der Waals surface area contributed by atoms with Crippen molar-refractivity contribution < 1.29 is 14.2 Å². The smallest absolute Gasteiger partial charge is 0.119 e. The molecule has 1 N–H and O–H groups in total. The molecule has 6 nitrogen and oxygen atoms in total. The minimum absolute atomic E-state index is 0.323. The van der Waals surface area contributed by atoms with E-state index < -0.39 is 0 Å². The monoisotopic (exact) mass is 289 g/mol. The van der Waals surface area contributed by atoms with Crippen LogP contribution < -0.4 is 15.1 Å². The van der Waals surface area contributed by atoms with E-state index in [1.54, 1.807) is 6.34 Å². The van der Waals surface area contributed by atoms with Crippen LogP contribution in [0.3, 0.4) is 0 Å². The molecule has 0 saturated carbocycles. The minimum Gasteiger partial charge on any atom is -0.491 e. The highest BCUT2D eigenvalue weighted by Crippen LogP contribution is 2.18. The van der Waals surface area contributed by atoms with Gasteiger partial charge in [-0.1, -0.05) is 5.92 Å². The second-order valence-electron chi connectivity index (χ2n) is 4.24. The van der Waals surface area contributed by atoms with Crippen molar-refractivity contribution in [2.75, 3.05) is 44.6 Å². The molecule has 0 bridgehead atoms. The molecule has 1 aliphatic rings. The fourth-order valence-corrected chi connectivity index (χ4v) is 1.73. The van der Waals surface area contributed by atoms with Gasteiger partial charge in [-0.05, 0) is 24.3 Å². The van der Waals surface area contributed by atoms with Gasteiger partial charge in [-0.25, -0.2) is 0 Å². The second-order valence-corrected chi connectivity index (χ2v) is 4.24. The first-order chi connectivity index (χ1) is 10.4. The van der Waals surface area contributed by atoms with Crippen molar-refractivity contribution in [1.82, 2.24) is 5.43 Å². The van der Waals surface area contributed by atoms with Gasteiger partial charge in [0, 0.05) is 5.69 Å². The molecule has 1 aromatic rings. The number of nitrogens with one attached hydrogen (secondary N) is 1. The maximum atomic E-state index is 5.59. The van der Waals surface area contributed by atoms with Crippen molar-refractivity contribution >= 4 is 12.0 Å². The van der Waals surface area contributed by atoms with Gasteiger partial charge in [0.15, 0.2) is 0 Å². The molecule has 112 valence electrons. The van der Waals surface area contributed by atoms with Crippen LogP contribution in [-0.4, -0.2) is 46.0 Å². The lowest BCUT2D eigenvalue weighted by atomic mass is 10.3. The topological polar surface area (TPSA) is 55.3 Å². The van der Waals surface area contributed by atoms with Crippen molar-refractivity contribution in [2.45, 2.75) is 0 Å². The molecule has 21 heavy (non-hydrogen) atoms. The molecule has 0 atom stereocenters. The molecule has 0 aliphatic carbocycles. The number of benzene rings is 1. The highest BCUT2D eigenvalue weighted by molar-refractivity contribution is 5.80. The Labute approximate surface area is 124 Å². The van der Waals surface area contributed by atoms with Crippen LogP contribution in [0.25, 0.3) is 0 Å². The predicted octanol–water partition coefficient (Wildman–Crippen LogP) is 1.04. The average Bonchev–Trinajstić information content (AvgIpc) is 3.05. The third-order valence-corrected chi connectivity index (χ3v) is 2.75. The van der Waals surface area contributed by atoms with Gasteiger partial charge >= 0.3 is 0 Å². The van der Waals surface area contributed by atoms with Crippen molar-refractivity contribution in [2.24, 2.45) is 5.10 Å². The summed E-state index contributed by atoms with van der Waals surface area (Å²) in [4.78, 5) is 2.00. The van der Waals surface area contributed by atoms with Gasteiger partial charge in [0.05, 0.1) is 19.8 Å². The zero-order chi connectivity index (χ0) is 14.8. The molecule has 0 fully saturated rings. The number of rotatable bonds is 9. The van der Waals surface area contributed by atoms with E-state index in [2.05, 4.69) is 16.4 Å². The fourth-order valence-electron chi connectivity index (χ4n) is 1.73. The molecule has 0 amide bonds. The van der Waals surface area contributed by atoms with Crippen molar-refractivity contribution in [3.63, 3.8) is 0 Å². The summed E-state index contributed by atoms with van der Waals surface area (Å²) >= 11 is 0. The SMILES string of the molecule is C#CCOCCOCCOc1ccc(N2C=NNC2)cc1. The Morgan fingerprint density at radius 3 is 2.62 bits per heavy atom. The van der Waals surface area contributed by atoms with Crippen molar-refractivity contribution in [1.29, 1.82) is 0 Å². The summed E-state index contributed by atoms with van der Waals surface area (Å²) in [6.07, 6.45) is 6.81. The molecule has 0 spiro atoms. The lowest BCUT2D eigenvalue weighted by Crippen LogP contribution is -2.22. The number of hydrazone groups is 1. The zero-order valence-corrected chi connectivity index (χ0v) is 11.8. The van der Waals surface area contributed by atoms with Gasteiger partial charge in [0.25, 0.3) is 0 Å². The number of hydrogen-bond acceptors (Lipinski definition) is 6. The van der Waals surface area contributed by atoms with E-state index in [0.29, 0.717) is 39.7 Å². The van der Waals surface area contributed by atoms with Crippen LogP contribution in [0, 0.1) is 12.3 Å². The summed E-state index contributed by atoms with van der Waals surface area (Å²) < 4.78 is 16.0. The number of hydrogen-bond donors (Lipinski definition) is 1. The molecule has 6 heteroatoms. The third kappa shape index (κ3) is 5.34. The Kier molecular flexibility index (Phi) is 6.39. The summed E-state index contributed by atoms with van der Waals surface area (Å²) in [5, 5.41) is 3.94. The lowest BCUT2D eigenvalue weighted by Gasteiger charge is -2.13. The summed E-state index contributed by atoms with van der Waals surface area (Å²) in [7, 11) is 0. The first-order valence-corrected chi connectivity index (χ1v) is 6.74. The lowest BCUT2D eigenvalue weighted by molar-refractivity contribution is 0.0462. The summed E-state index contributed by atoms with van der Waals surface area (Å²) in [5.74, 6) is 3.21. The Bertz CT molecular complexity index is 482. The zero-order valence-electron chi connectivity index (χ0n) is 11.8. The van der Waals surface area contributed by atoms with E-state index in [0.717, 1.165) is 11.4 Å². The molecule has 1 aromatic carbocycles. The highest BCUT2D eigenvalue weighted by atomic mass is 16.5. The molecular weight excluding hydrogens is 270 g/mol. The summed E-state index contributed by atoms with van der Waals surface area (Å²) in [6, 6.07) is 7.83. The molecule has 0 radical (unpaired) electrons. The second kappa shape index (κ2) is 8.84. The van der Waals surface area contributed by atoms with Crippen molar-refractivity contribution in [3.05, 3.63) is 24.3 Å². The molecule has 2 rings (SSSR count). The van der Waals surface area contributed by atoms with E-state index in [1.165, 1.54) is 0 Å². The van der Waals surface area contributed by atoms with Gasteiger partial charge < -0.3 is 19.1 Å². The standard InChI is InChI=1S/C15H19N3O3/c1-2-7-19-8-9-20-10-11-21-15-5-3-14(4-6-15)18-12-16-17-13-18/h1,3-6,12,17H,7-11,13H2. The number of terminal acetylenes is 1. The first kappa shape index (κ1) is 15.2. The largest absolute Gasteiger partial charge is 0.491 e. The third-order valence-electron chi connectivity index (χ3n) is 2.75.